The van der Waals surface area contributed by atoms with Gasteiger partial charge in [0.2, 0.25) is 0 Å². The normalized spacial score (nSPS) is 11.8. The highest BCUT2D eigenvalue weighted by atomic mass is 19.4. The highest BCUT2D eigenvalue weighted by Crippen LogP contribution is 2.38. The molecular weight excluding hydrogens is 281 g/mol. The van der Waals surface area contributed by atoms with E-state index < -0.39 is 22.9 Å². The fourth-order valence-electron chi connectivity index (χ4n) is 2.29. The van der Waals surface area contributed by atoms with Crippen LogP contribution in [0.15, 0.2) is 53.5 Å². The van der Waals surface area contributed by atoms with Gasteiger partial charge in [0.1, 0.15) is 0 Å². The lowest BCUT2D eigenvalue weighted by atomic mass is 10.00. The minimum absolute atomic E-state index is 0.00294. The second-order valence-corrected chi connectivity index (χ2v) is 4.46. The average molecular weight is 290 g/mol. The first kappa shape index (κ1) is 13.4. The van der Waals surface area contributed by atoms with Crippen molar-refractivity contribution in [3.05, 3.63) is 64.6 Å². The summed E-state index contributed by atoms with van der Waals surface area (Å²) in [5, 5.41) is -0.0507. The van der Waals surface area contributed by atoms with E-state index in [0.29, 0.717) is 0 Å². The summed E-state index contributed by atoms with van der Waals surface area (Å²) in [6.07, 6.45) is -3.30. The van der Waals surface area contributed by atoms with Gasteiger partial charge < -0.3 is 4.98 Å². The molecule has 2 heterocycles. The zero-order valence-electron chi connectivity index (χ0n) is 10.6. The van der Waals surface area contributed by atoms with Gasteiger partial charge in [-0.05, 0) is 18.2 Å². The molecule has 3 aromatic rings. The Labute approximate surface area is 117 Å². The second-order valence-electron chi connectivity index (χ2n) is 4.46. The molecule has 21 heavy (non-hydrogen) atoms. The Hall–Kier alpha value is -2.63. The largest absolute Gasteiger partial charge is 0.417 e. The summed E-state index contributed by atoms with van der Waals surface area (Å²) in [4.78, 5) is 18.5. The maximum atomic E-state index is 13.5. The predicted molar refractivity (Wildman–Crippen MR) is 72.8 cm³/mol. The van der Waals surface area contributed by atoms with Crippen LogP contribution in [0.4, 0.5) is 13.2 Å². The zero-order chi connectivity index (χ0) is 15.0. The van der Waals surface area contributed by atoms with Gasteiger partial charge in [0.25, 0.3) is 5.56 Å². The van der Waals surface area contributed by atoms with Gasteiger partial charge in [-0.15, -0.1) is 0 Å². The second kappa shape index (κ2) is 4.73. The van der Waals surface area contributed by atoms with Gasteiger partial charge in [-0.25, -0.2) is 0 Å². The lowest BCUT2D eigenvalue weighted by Gasteiger charge is -2.14. The minimum atomic E-state index is -4.65. The van der Waals surface area contributed by atoms with Crippen molar-refractivity contribution in [1.82, 2.24) is 9.97 Å². The monoisotopic (exact) mass is 290 g/mol. The number of aromatic amines is 1. The van der Waals surface area contributed by atoms with E-state index in [4.69, 9.17) is 0 Å². The third kappa shape index (κ3) is 2.29. The van der Waals surface area contributed by atoms with E-state index in [0.717, 1.165) is 0 Å². The van der Waals surface area contributed by atoms with Crippen molar-refractivity contribution < 1.29 is 13.2 Å². The van der Waals surface area contributed by atoms with E-state index >= 15 is 0 Å². The van der Waals surface area contributed by atoms with Crippen LogP contribution in [-0.2, 0) is 6.18 Å². The minimum Gasteiger partial charge on any atom is -0.321 e. The number of para-hydroxylation sites is 1. The molecule has 106 valence electrons. The van der Waals surface area contributed by atoms with E-state index in [1.807, 2.05) is 0 Å². The van der Waals surface area contributed by atoms with Crippen LogP contribution in [0.25, 0.3) is 22.2 Å². The number of nitrogens with zero attached hydrogens (tertiary/aromatic N) is 1. The molecule has 1 aromatic carbocycles. The Morgan fingerprint density at radius 2 is 1.71 bits per heavy atom. The smallest absolute Gasteiger partial charge is 0.321 e. The molecule has 6 heteroatoms. The Kier molecular flexibility index (Phi) is 3.01. The van der Waals surface area contributed by atoms with Crippen molar-refractivity contribution in [2.45, 2.75) is 6.18 Å². The molecule has 0 fully saturated rings. The molecule has 2 aromatic heterocycles. The molecule has 0 saturated carbocycles. The van der Waals surface area contributed by atoms with Crippen LogP contribution in [-0.4, -0.2) is 9.97 Å². The fraction of sp³-hybridized carbons (Fsp3) is 0.0667. The number of alkyl halides is 3. The molecule has 0 spiro atoms. The van der Waals surface area contributed by atoms with Crippen LogP contribution in [0, 0.1) is 0 Å². The van der Waals surface area contributed by atoms with E-state index in [1.165, 1.54) is 36.5 Å². The summed E-state index contributed by atoms with van der Waals surface area (Å²) < 4.78 is 40.4. The van der Waals surface area contributed by atoms with Crippen molar-refractivity contribution in [3.63, 3.8) is 0 Å². The first-order valence-corrected chi connectivity index (χ1v) is 6.12. The third-order valence-electron chi connectivity index (χ3n) is 3.13. The maximum absolute atomic E-state index is 13.5. The molecule has 3 nitrogen and oxygen atoms in total. The molecule has 0 aliphatic heterocycles. The number of hydrogen-bond donors (Lipinski definition) is 1. The molecule has 0 radical (unpaired) electrons. The molecular formula is C15H9F3N2O. The molecule has 1 N–H and O–H groups in total. The van der Waals surface area contributed by atoms with E-state index in [1.54, 1.807) is 12.1 Å². The van der Waals surface area contributed by atoms with Crippen molar-refractivity contribution in [1.29, 1.82) is 0 Å². The van der Waals surface area contributed by atoms with Gasteiger partial charge in [-0.1, -0.05) is 24.3 Å². The summed E-state index contributed by atoms with van der Waals surface area (Å²) in [6, 6.07) is 10.3. The molecule has 3 rings (SSSR count). The number of pyridine rings is 2. The quantitative estimate of drug-likeness (QED) is 0.744. The molecule has 0 atom stereocenters. The van der Waals surface area contributed by atoms with E-state index in [2.05, 4.69) is 9.97 Å². The summed E-state index contributed by atoms with van der Waals surface area (Å²) >= 11 is 0. The summed E-state index contributed by atoms with van der Waals surface area (Å²) in [5.74, 6) is 0. The van der Waals surface area contributed by atoms with Crippen LogP contribution in [0.5, 0.6) is 0 Å². The Bertz CT molecular complexity index is 854. The van der Waals surface area contributed by atoms with Crippen LogP contribution in [0.3, 0.4) is 0 Å². The number of rotatable bonds is 1. The zero-order valence-corrected chi connectivity index (χ0v) is 10.6. The van der Waals surface area contributed by atoms with E-state index in [9.17, 15) is 18.0 Å². The molecule has 0 aliphatic carbocycles. The average Bonchev–Trinajstić information content (AvgIpc) is 2.45. The van der Waals surface area contributed by atoms with Crippen LogP contribution in [0.1, 0.15) is 5.56 Å². The van der Waals surface area contributed by atoms with Gasteiger partial charge in [0, 0.05) is 17.1 Å². The van der Waals surface area contributed by atoms with Crippen LogP contribution in [0.2, 0.25) is 0 Å². The van der Waals surface area contributed by atoms with Gasteiger partial charge in [0.15, 0.2) is 0 Å². The molecule has 0 aliphatic rings. The lowest BCUT2D eigenvalue weighted by Crippen LogP contribution is -2.19. The van der Waals surface area contributed by atoms with Gasteiger partial charge in [0.05, 0.1) is 16.8 Å². The molecule has 0 unspecified atom stereocenters. The predicted octanol–water partition coefficient (Wildman–Crippen LogP) is 3.61. The number of halogens is 3. The van der Waals surface area contributed by atoms with Crippen LogP contribution < -0.4 is 5.56 Å². The third-order valence-corrected chi connectivity index (χ3v) is 3.13. The molecule has 0 bridgehead atoms. The number of hydrogen-bond acceptors (Lipinski definition) is 2. The van der Waals surface area contributed by atoms with Gasteiger partial charge >= 0.3 is 6.18 Å². The van der Waals surface area contributed by atoms with Crippen molar-refractivity contribution in [2.75, 3.05) is 0 Å². The van der Waals surface area contributed by atoms with Gasteiger partial charge in [-0.2, -0.15) is 13.2 Å². The Morgan fingerprint density at radius 3 is 2.38 bits per heavy atom. The number of nitrogens with one attached hydrogen (secondary N) is 1. The van der Waals surface area contributed by atoms with Crippen LogP contribution >= 0.6 is 0 Å². The van der Waals surface area contributed by atoms with Crippen molar-refractivity contribution in [2.24, 2.45) is 0 Å². The lowest BCUT2D eigenvalue weighted by molar-refractivity contribution is -0.135. The van der Waals surface area contributed by atoms with E-state index in [-0.39, 0.29) is 16.6 Å². The number of benzene rings is 1. The summed E-state index contributed by atoms with van der Waals surface area (Å²) in [6.45, 7) is 0. The first-order chi connectivity index (χ1) is 9.98. The summed E-state index contributed by atoms with van der Waals surface area (Å²) in [7, 11) is 0. The fourth-order valence-corrected chi connectivity index (χ4v) is 2.29. The first-order valence-electron chi connectivity index (χ1n) is 6.12. The topological polar surface area (TPSA) is 45.8 Å². The SMILES string of the molecule is O=c1[nH]c2ccccc2c(C(F)(F)F)c1-c1ccccn1. The standard InChI is InChI=1S/C15H9F3N2O/c16-15(17,18)13-9-5-1-2-6-10(9)20-14(21)12(13)11-7-3-4-8-19-11/h1-8H,(H,20,21). The Morgan fingerprint density at radius 1 is 1.00 bits per heavy atom. The van der Waals surface area contributed by atoms with Crippen molar-refractivity contribution in [3.8, 4) is 11.3 Å². The van der Waals surface area contributed by atoms with Gasteiger partial charge in [-0.3, -0.25) is 9.78 Å². The highest BCUT2D eigenvalue weighted by molar-refractivity contribution is 5.88. The molecule has 0 saturated heterocycles. The number of aromatic nitrogens is 2. The molecule has 0 amide bonds. The maximum Gasteiger partial charge on any atom is 0.417 e. The van der Waals surface area contributed by atoms with Crippen molar-refractivity contribution >= 4 is 10.9 Å². The highest BCUT2D eigenvalue weighted by Gasteiger charge is 2.37. The summed E-state index contributed by atoms with van der Waals surface area (Å²) in [5.41, 5.74) is -2.08. The number of fused-ring (bicyclic) bond motifs is 1. The Balaban J connectivity index is 2.50. The number of H-pyrrole nitrogens is 1.